The van der Waals surface area contributed by atoms with E-state index < -0.39 is 23.1 Å². The Morgan fingerprint density at radius 2 is 1.89 bits per heavy atom. The lowest BCUT2D eigenvalue weighted by Gasteiger charge is -2.33. The number of rotatable bonds is 2. The zero-order valence-corrected chi connectivity index (χ0v) is 11.0. The molecular weight excluding hydrogens is 252 g/mol. The summed E-state index contributed by atoms with van der Waals surface area (Å²) in [6, 6.07) is 2.44. The number of likely N-dealkylation sites (tertiary alicyclic amines) is 1. The molecule has 1 unspecified atom stereocenters. The first-order chi connectivity index (χ1) is 8.79. The van der Waals surface area contributed by atoms with Gasteiger partial charge in [-0.05, 0) is 38.8 Å². The first kappa shape index (κ1) is 13.9. The predicted octanol–water partition coefficient (Wildman–Crippen LogP) is 2.34. The second-order valence-corrected chi connectivity index (χ2v) is 5.47. The highest BCUT2D eigenvalue weighted by atomic mass is 19.1. The SMILES string of the molecule is CC(C)(O)C1CCCN1C(=O)c1cc(F)cc(F)c1. The molecule has 1 N–H and O–H groups in total. The molecule has 2 rings (SSSR count). The van der Waals surface area contributed by atoms with E-state index in [1.807, 2.05) is 0 Å². The molecule has 0 radical (unpaired) electrons. The predicted molar refractivity (Wildman–Crippen MR) is 66.7 cm³/mol. The van der Waals surface area contributed by atoms with Crippen LogP contribution in [0.2, 0.25) is 0 Å². The topological polar surface area (TPSA) is 40.5 Å². The molecule has 1 aromatic carbocycles. The Morgan fingerprint density at radius 1 is 1.32 bits per heavy atom. The Bertz CT molecular complexity index is 476. The van der Waals surface area contributed by atoms with Gasteiger partial charge in [0.25, 0.3) is 5.91 Å². The van der Waals surface area contributed by atoms with Crippen LogP contribution in [0, 0.1) is 11.6 Å². The molecule has 0 spiro atoms. The van der Waals surface area contributed by atoms with Gasteiger partial charge in [0, 0.05) is 18.2 Å². The highest BCUT2D eigenvalue weighted by molar-refractivity contribution is 5.94. The van der Waals surface area contributed by atoms with Crippen molar-refractivity contribution in [2.24, 2.45) is 0 Å². The van der Waals surface area contributed by atoms with Gasteiger partial charge in [0.15, 0.2) is 0 Å². The summed E-state index contributed by atoms with van der Waals surface area (Å²) in [5.74, 6) is -1.99. The smallest absolute Gasteiger partial charge is 0.254 e. The normalized spacial score (nSPS) is 19.8. The average Bonchev–Trinajstić information content (AvgIpc) is 2.74. The molecular formula is C14H17F2NO2. The number of amides is 1. The number of halogens is 2. The van der Waals surface area contributed by atoms with Gasteiger partial charge in [0.2, 0.25) is 0 Å². The number of carbonyl (C=O) groups excluding carboxylic acids is 1. The molecule has 104 valence electrons. The fourth-order valence-electron chi connectivity index (χ4n) is 2.59. The summed E-state index contributed by atoms with van der Waals surface area (Å²) in [5.41, 5.74) is -1.05. The van der Waals surface area contributed by atoms with Crippen LogP contribution in [-0.2, 0) is 0 Å². The van der Waals surface area contributed by atoms with E-state index in [2.05, 4.69) is 0 Å². The van der Waals surface area contributed by atoms with E-state index in [1.54, 1.807) is 13.8 Å². The van der Waals surface area contributed by atoms with Crippen LogP contribution in [0.15, 0.2) is 18.2 Å². The van der Waals surface area contributed by atoms with Crippen molar-refractivity contribution in [3.05, 3.63) is 35.4 Å². The standard InChI is InChI=1S/C14H17F2NO2/c1-14(2,19)12-4-3-5-17(12)13(18)9-6-10(15)8-11(16)7-9/h6-8,12,19H,3-5H2,1-2H3. The zero-order chi connectivity index (χ0) is 14.2. The Morgan fingerprint density at radius 3 is 2.42 bits per heavy atom. The molecule has 19 heavy (non-hydrogen) atoms. The molecule has 1 aliphatic rings. The molecule has 1 atom stereocenters. The lowest BCUT2D eigenvalue weighted by atomic mass is 9.96. The van der Waals surface area contributed by atoms with Gasteiger partial charge in [-0.25, -0.2) is 8.78 Å². The van der Waals surface area contributed by atoms with Crippen LogP contribution in [0.5, 0.6) is 0 Å². The molecule has 1 aromatic rings. The molecule has 3 nitrogen and oxygen atoms in total. The molecule has 0 aliphatic carbocycles. The van der Waals surface area contributed by atoms with Crippen LogP contribution in [0.25, 0.3) is 0 Å². The second kappa shape index (κ2) is 4.89. The Hall–Kier alpha value is -1.49. The van der Waals surface area contributed by atoms with E-state index in [0.29, 0.717) is 13.0 Å². The third-order valence-corrected chi connectivity index (χ3v) is 3.44. The maximum Gasteiger partial charge on any atom is 0.254 e. The van der Waals surface area contributed by atoms with Crippen LogP contribution in [-0.4, -0.2) is 34.1 Å². The quantitative estimate of drug-likeness (QED) is 0.895. The van der Waals surface area contributed by atoms with Gasteiger partial charge < -0.3 is 10.0 Å². The molecule has 1 fully saturated rings. The van der Waals surface area contributed by atoms with E-state index in [9.17, 15) is 18.7 Å². The Kier molecular flexibility index (Phi) is 3.58. The Labute approximate surface area is 110 Å². The fraction of sp³-hybridized carbons (Fsp3) is 0.500. The summed E-state index contributed by atoms with van der Waals surface area (Å²) >= 11 is 0. The number of benzene rings is 1. The van der Waals surface area contributed by atoms with Crippen LogP contribution in [0.3, 0.4) is 0 Å². The summed E-state index contributed by atoms with van der Waals surface area (Å²) in [5, 5.41) is 10.1. The van der Waals surface area contributed by atoms with Gasteiger partial charge in [0.1, 0.15) is 11.6 Å². The number of nitrogens with zero attached hydrogens (tertiary/aromatic N) is 1. The van der Waals surface area contributed by atoms with Crippen LogP contribution in [0.4, 0.5) is 8.78 Å². The zero-order valence-electron chi connectivity index (χ0n) is 11.0. The first-order valence-electron chi connectivity index (χ1n) is 6.28. The van der Waals surface area contributed by atoms with Crippen molar-refractivity contribution in [1.29, 1.82) is 0 Å². The number of aliphatic hydroxyl groups is 1. The van der Waals surface area contributed by atoms with Crippen LogP contribution < -0.4 is 0 Å². The monoisotopic (exact) mass is 269 g/mol. The van der Waals surface area contributed by atoms with Crippen LogP contribution >= 0.6 is 0 Å². The van der Waals surface area contributed by atoms with Gasteiger partial charge in [-0.2, -0.15) is 0 Å². The van der Waals surface area contributed by atoms with Crippen molar-refractivity contribution in [2.45, 2.75) is 38.3 Å². The summed E-state index contributed by atoms with van der Waals surface area (Å²) in [6.45, 7) is 3.76. The van der Waals surface area contributed by atoms with Gasteiger partial charge in [-0.15, -0.1) is 0 Å². The van der Waals surface area contributed by atoms with E-state index in [4.69, 9.17) is 0 Å². The van der Waals surface area contributed by atoms with Gasteiger partial charge >= 0.3 is 0 Å². The highest BCUT2D eigenvalue weighted by Crippen LogP contribution is 2.28. The maximum atomic E-state index is 13.1. The molecule has 1 aliphatic heterocycles. The van der Waals surface area contributed by atoms with Crippen molar-refractivity contribution >= 4 is 5.91 Å². The average molecular weight is 269 g/mol. The molecule has 0 aromatic heterocycles. The maximum absolute atomic E-state index is 13.1. The number of hydrogen-bond donors (Lipinski definition) is 1. The van der Waals surface area contributed by atoms with Gasteiger partial charge in [-0.3, -0.25) is 4.79 Å². The van der Waals surface area contributed by atoms with Gasteiger partial charge in [-0.1, -0.05) is 0 Å². The summed E-state index contributed by atoms with van der Waals surface area (Å²) in [4.78, 5) is 13.8. The van der Waals surface area contributed by atoms with Crippen molar-refractivity contribution in [3.63, 3.8) is 0 Å². The van der Waals surface area contributed by atoms with E-state index in [1.165, 1.54) is 4.90 Å². The molecule has 1 saturated heterocycles. The van der Waals surface area contributed by atoms with Crippen molar-refractivity contribution in [1.82, 2.24) is 4.90 Å². The third-order valence-electron chi connectivity index (χ3n) is 3.44. The van der Waals surface area contributed by atoms with Crippen molar-refractivity contribution in [3.8, 4) is 0 Å². The van der Waals surface area contributed by atoms with Crippen molar-refractivity contribution < 1.29 is 18.7 Å². The minimum atomic E-state index is -1.03. The lowest BCUT2D eigenvalue weighted by Crippen LogP contribution is -2.48. The van der Waals surface area contributed by atoms with E-state index >= 15 is 0 Å². The first-order valence-corrected chi connectivity index (χ1v) is 6.28. The minimum Gasteiger partial charge on any atom is -0.388 e. The van der Waals surface area contributed by atoms with E-state index in [-0.39, 0.29) is 11.6 Å². The number of hydrogen-bond acceptors (Lipinski definition) is 2. The largest absolute Gasteiger partial charge is 0.388 e. The lowest BCUT2D eigenvalue weighted by molar-refractivity contribution is 0.000311. The van der Waals surface area contributed by atoms with Gasteiger partial charge in [0.05, 0.1) is 11.6 Å². The molecule has 5 heteroatoms. The molecule has 1 heterocycles. The number of carbonyl (C=O) groups is 1. The highest BCUT2D eigenvalue weighted by Gasteiger charge is 2.38. The summed E-state index contributed by atoms with van der Waals surface area (Å²) in [6.07, 6.45) is 1.46. The summed E-state index contributed by atoms with van der Waals surface area (Å²) in [7, 11) is 0. The Balaban J connectivity index is 2.28. The van der Waals surface area contributed by atoms with Crippen LogP contribution in [0.1, 0.15) is 37.0 Å². The molecule has 0 saturated carbocycles. The molecule has 0 bridgehead atoms. The van der Waals surface area contributed by atoms with Crippen molar-refractivity contribution in [2.75, 3.05) is 6.54 Å². The fourth-order valence-corrected chi connectivity index (χ4v) is 2.59. The molecule has 1 amide bonds. The second-order valence-electron chi connectivity index (χ2n) is 5.47. The van der Waals surface area contributed by atoms with E-state index in [0.717, 1.165) is 24.6 Å². The third kappa shape index (κ3) is 2.92. The minimum absolute atomic E-state index is 0.0198. The summed E-state index contributed by atoms with van der Waals surface area (Å²) < 4.78 is 26.3.